The highest BCUT2D eigenvalue weighted by Crippen LogP contribution is 2.13. The van der Waals surface area contributed by atoms with E-state index in [0.29, 0.717) is 11.3 Å². The van der Waals surface area contributed by atoms with Crippen molar-refractivity contribution in [2.24, 2.45) is 0 Å². The second-order valence-corrected chi connectivity index (χ2v) is 3.55. The van der Waals surface area contributed by atoms with Gasteiger partial charge in [0.05, 0.1) is 25.4 Å². The van der Waals surface area contributed by atoms with Gasteiger partial charge in [-0.05, 0) is 24.6 Å². The van der Waals surface area contributed by atoms with Crippen LogP contribution in [0.1, 0.15) is 15.9 Å². The number of aryl methyl sites for hydroxylation is 1. The number of aliphatic hydroxyl groups is 1. The molecule has 0 amide bonds. The number of nitrogens with two attached hydrogens (primary N) is 1. The first-order chi connectivity index (χ1) is 8.15. The fraction of sp³-hybridized carbons (Fsp3) is 0.417. The summed E-state index contributed by atoms with van der Waals surface area (Å²) in [5.41, 5.74) is 7.41. The molecule has 0 aliphatic heterocycles. The Hall–Kier alpha value is -1.59. The summed E-state index contributed by atoms with van der Waals surface area (Å²) in [4.78, 5) is 11.7. The molecule has 5 nitrogen and oxygen atoms in total. The summed E-state index contributed by atoms with van der Waals surface area (Å²) in [5, 5.41) is 8.47. The van der Waals surface area contributed by atoms with E-state index in [4.69, 9.17) is 20.3 Å². The first kappa shape index (κ1) is 13.5. The third kappa shape index (κ3) is 4.42. The lowest BCUT2D eigenvalue weighted by atomic mass is 10.1. The Morgan fingerprint density at radius 3 is 2.82 bits per heavy atom. The second kappa shape index (κ2) is 6.88. The first-order valence-corrected chi connectivity index (χ1v) is 5.37. The second-order valence-electron chi connectivity index (χ2n) is 3.55. The van der Waals surface area contributed by atoms with Crippen molar-refractivity contribution in [2.45, 2.75) is 6.92 Å². The monoisotopic (exact) mass is 239 g/mol. The Morgan fingerprint density at radius 2 is 2.12 bits per heavy atom. The molecular formula is C12H17NO4. The number of rotatable bonds is 6. The normalized spacial score (nSPS) is 10.2. The lowest BCUT2D eigenvalue weighted by Crippen LogP contribution is -2.13. The molecule has 0 radical (unpaired) electrons. The molecule has 0 saturated carbocycles. The Kier molecular flexibility index (Phi) is 5.45. The van der Waals surface area contributed by atoms with Gasteiger partial charge < -0.3 is 20.3 Å². The van der Waals surface area contributed by atoms with Crippen molar-refractivity contribution in [3.05, 3.63) is 29.3 Å². The summed E-state index contributed by atoms with van der Waals surface area (Å²) in [6.07, 6.45) is 0. The molecule has 5 heteroatoms. The van der Waals surface area contributed by atoms with E-state index < -0.39 is 5.97 Å². The topological polar surface area (TPSA) is 81.8 Å². The Morgan fingerprint density at radius 1 is 1.35 bits per heavy atom. The average Bonchev–Trinajstić information content (AvgIpc) is 2.32. The van der Waals surface area contributed by atoms with Gasteiger partial charge in [-0.2, -0.15) is 0 Å². The maximum absolute atomic E-state index is 11.7. The van der Waals surface area contributed by atoms with Crippen LogP contribution >= 0.6 is 0 Å². The molecule has 17 heavy (non-hydrogen) atoms. The zero-order valence-electron chi connectivity index (χ0n) is 9.81. The van der Waals surface area contributed by atoms with Gasteiger partial charge in [-0.3, -0.25) is 0 Å². The number of anilines is 1. The van der Waals surface area contributed by atoms with Gasteiger partial charge >= 0.3 is 5.97 Å². The number of benzene rings is 1. The fourth-order valence-electron chi connectivity index (χ4n) is 1.30. The highest BCUT2D eigenvalue weighted by Gasteiger charge is 2.10. The number of esters is 1. The molecule has 0 bridgehead atoms. The molecular weight excluding hydrogens is 222 g/mol. The van der Waals surface area contributed by atoms with Crippen molar-refractivity contribution >= 4 is 11.7 Å². The van der Waals surface area contributed by atoms with Crippen molar-refractivity contribution in [2.75, 3.05) is 32.2 Å². The molecule has 0 atom stereocenters. The predicted molar refractivity (Wildman–Crippen MR) is 63.8 cm³/mol. The number of aliphatic hydroxyl groups excluding tert-OH is 1. The molecule has 3 N–H and O–H groups in total. The van der Waals surface area contributed by atoms with Crippen molar-refractivity contribution in [1.82, 2.24) is 0 Å². The lowest BCUT2D eigenvalue weighted by Gasteiger charge is -2.08. The van der Waals surface area contributed by atoms with Gasteiger partial charge in [0.2, 0.25) is 0 Å². The number of ether oxygens (including phenoxy) is 2. The first-order valence-electron chi connectivity index (χ1n) is 5.37. The van der Waals surface area contributed by atoms with E-state index in [0.717, 1.165) is 5.56 Å². The van der Waals surface area contributed by atoms with Gasteiger partial charge in [-0.1, -0.05) is 6.07 Å². The summed E-state index contributed by atoms with van der Waals surface area (Å²) in [6.45, 7) is 2.45. The number of carbonyl (C=O) groups excluding carboxylic acids is 1. The molecule has 1 aromatic rings. The van der Waals surface area contributed by atoms with Crippen LogP contribution in [0.5, 0.6) is 0 Å². The number of hydrogen-bond acceptors (Lipinski definition) is 5. The van der Waals surface area contributed by atoms with E-state index >= 15 is 0 Å². The minimum Gasteiger partial charge on any atom is -0.460 e. The van der Waals surface area contributed by atoms with Gasteiger partial charge in [0.1, 0.15) is 6.61 Å². The molecule has 0 aliphatic carbocycles. The summed E-state index contributed by atoms with van der Waals surface area (Å²) in [5.74, 6) is -0.414. The van der Waals surface area contributed by atoms with Crippen LogP contribution in [0.15, 0.2) is 18.2 Å². The van der Waals surface area contributed by atoms with Gasteiger partial charge in [0, 0.05) is 5.69 Å². The van der Waals surface area contributed by atoms with Crippen LogP contribution in [-0.2, 0) is 9.47 Å². The molecule has 0 heterocycles. The smallest absolute Gasteiger partial charge is 0.338 e. The van der Waals surface area contributed by atoms with E-state index in [-0.39, 0.29) is 26.4 Å². The van der Waals surface area contributed by atoms with Crippen LogP contribution in [0.2, 0.25) is 0 Å². The molecule has 1 aromatic carbocycles. The average molecular weight is 239 g/mol. The van der Waals surface area contributed by atoms with Gasteiger partial charge in [-0.25, -0.2) is 4.79 Å². The zero-order chi connectivity index (χ0) is 12.7. The molecule has 0 saturated heterocycles. The maximum atomic E-state index is 11.7. The molecule has 94 valence electrons. The van der Waals surface area contributed by atoms with Crippen LogP contribution in [-0.4, -0.2) is 37.5 Å². The molecule has 1 rings (SSSR count). The summed E-state index contributed by atoms with van der Waals surface area (Å²) in [7, 11) is 0. The summed E-state index contributed by atoms with van der Waals surface area (Å²) >= 11 is 0. The van der Waals surface area contributed by atoms with Gasteiger partial charge in [0.15, 0.2) is 0 Å². The number of carbonyl (C=O) groups is 1. The third-order valence-corrected chi connectivity index (χ3v) is 2.18. The minimum atomic E-state index is -0.414. The van der Waals surface area contributed by atoms with E-state index in [2.05, 4.69) is 0 Å². The number of hydrogen-bond donors (Lipinski definition) is 2. The van der Waals surface area contributed by atoms with Gasteiger partial charge in [0.25, 0.3) is 0 Å². The quantitative estimate of drug-likeness (QED) is 0.435. The van der Waals surface area contributed by atoms with Crippen molar-refractivity contribution in [3.63, 3.8) is 0 Å². The molecule has 0 spiro atoms. The number of nitrogen functional groups attached to an aromatic ring is 1. The van der Waals surface area contributed by atoms with Crippen LogP contribution < -0.4 is 5.73 Å². The standard InChI is InChI=1S/C12H17NO4/c1-9-2-3-10(13)8-11(9)12(15)17-7-6-16-5-4-14/h2-3,8,14H,4-7,13H2,1H3. The largest absolute Gasteiger partial charge is 0.460 e. The van der Waals surface area contributed by atoms with Gasteiger partial charge in [-0.15, -0.1) is 0 Å². The highest BCUT2D eigenvalue weighted by atomic mass is 16.6. The summed E-state index contributed by atoms with van der Waals surface area (Å²) < 4.78 is 9.98. The highest BCUT2D eigenvalue weighted by molar-refractivity contribution is 5.92. The Bertz CT molecular complexity index is 379. The van der Waals surface area contributed by atoms with Crippen LogP contribution in [0.25, 0.3) is 0 Å². The van der Waals surface area contributed by atoms with E-state index in [1.165, 1.54) is 0 Å². The third-order valence-electron chi connectivity index (χ3n) is 2.18. The van der Waals surface area contributed by atoms with Crippen molar-refractivity contribution in [3.8, 4) is 0 Å². The summed E-state index contributed by atoms with van der Waals surface area (Å²) in [6, 6.07) is 5.09. The maximum Gasteiger partial charge on any atom is 0.338 e. The van der Waals surface area contributed by atoms with E-state index in [1.807, 2.05) is 6.92 Å². The van der Waals surface area contributed by atoms with E-state index in [9.17, 15) is 4.79 Å². The molecule has 0 aromatic heterocycles. The van der Waals surface area contributed by atoms with Crippen LogP contribution in [0.3, 0.4) is 0 Å². The van der Waals surface area contributed by atoms with E-state index in [1.54, 1.807) is 18.2 Å². The van der Waals surface area contributed by atoms with Crippen LogP contribution in [0, 0.1) is 6.92 Å². The zero-order valence-corrected chi connectivity index (χ0v) is 9.81. The minimum absolute atomic E-state index is 0.0394. The Balaban J connectivity index is 2.44. The lowest BCUT2D eigenvalue weighted by molar-refractivity contribution is 0.0258. The molecule has 0 aliphatic rings. The molecule has 0 unspecified atom stereocenters. The predicted octanol–water partition coefficient (Wildman–Crippen LogP) is 0.743. The Labute approximate surface area is 100 Å². The fourth-order valence-corrected chi connectivity index (χ4v) is 1.30. The van der Waals surface area contributed by atoms with Crippen LogP contribution in [0.4, 0.5) is 5.69 Å². The SMILES string of the molecule is Cc1ccc(N)cc1C(=O)OCCOCCO. The van der Waals surface area contributed by atoms with Crippen molar-refractivity contribution in [1.29, 1.82) is 0 Å². The molecule has 0 fully saturated rings. The van der Waals surface area contributed by atoms with Crippen molar-refractivity contribution < 1.29 is 19.4 Å².